The number of aromatic nitrogens is 2. The highest BCUT2D eigenvalue weighted by molar-refractivity contribution is 6.44. The second-order valence-corrected chi connectivity index (χ2v) is 11.8. The lowest BCUT2D eigenvalue weighted by Crippen LogP contribution is -2.58. The highest BCUT2D eigenvalue weighted by Crippen LogP contribution is 2.45. The van der Waals surface area contributed by atoms with E-state index in [0.29, 0.717) is 29.2 Å². The smallest absolute Gasteiger partial charge is 0.344 e. The molecule has 1 aromatic heterocycles. The summed E-state index contributed by atoms with van der Waals surface area (Å²) in [6, 6.07) is 8.73. The Bertz CT molecular complexity index is 1310. The van der Waals surface area contributed by atoms with E-state index in [1.54, 1.807) is 10.6 Å². The van der Waals surface area contributed by atoms with Gasteiger partial charge in [-0.15, -0.1) is 0 Å². The number of amides is 1. The van der Waals surface area contributed by atoms with E-state index in [4.69, 9.17) is 15.7 Å². The van der Waals surface area contributed by atoms with Crippen LogP contribution >= 0.6 is 0 Å². The fourth-order valence-corrected chi connectivity index (χ4v) is 7.66. The summed E-state index contributed by atoms with van der Waals surface area (Å²) in [4.78, 5) is 49.3. The number of carbonyl (C=O) groups is 2. The zero-order valence-electron chi connectivity index (χ0n) is 23.5. The molecule has 0 spiro atoms. The van der Waals surface area contributed by atoms with E-state index in [1.807, 2.05) is 18.2 Å². The van der Waals surface area contributed by atoms with Crippen LogP contribution in [-0.4, -0.2) is 61.9 Å². The average molecular weight is 552 g/mol. The molecule has 0 radical (unpaired) electrons. The molecule has 1 amide bonds. The Balaban J connectivity index is 1.51. The van der Waals surface area contributed by atoms with Crippen molar-refractivity contribution >= 4 is 28.6 Å². The summed E-state index contributed by atoms with van der Waals surface area (Å²) in [6.07, 6.45) is 11.5. The minimum atomic E-state index is -1.26. The third kappa shape index (κ3) is 5.64. The van der Waals surface area contributed by atoms with Gasteiger partial charge in [0.25, 0.3) is 11.5 Å². The first-order valence-corrected chi connectivity index (χ1v) is 14.8. The number of piperidine rings is 2. The van der Waals surface area contributed by atoms with Crippen LogP contribution in [0.25, 0.3) is 11.0 Å². The van der Waals surface area contributed by atoms with Crippen LogP contribution in [0.1, 0.15) is 89.8 Å². The number of rotatable bonds is 9. The normalized spacial score (nSPS) is 29.3. The second kappa shape index (κ2) is 12.1. The van der Waals surface area contributed by atoms with Crippen LogP contribution in [0.3, 0.4) is 0 Å². The van der Waals surface area contributed by atoms with E-state index in [1.165, 1.54) is 38.5 Å². The van der Waals surface area contributed by atoms with E-state index < -0.39 is 29.8 Å². The molecule has 3 fully saturated rings. The number of fused-ring (bicyclic) bond motifs is 3. The third-order valence-corrected chi connectivity index (χ3v) is 9.42. The van der Waals surface area contributed by atoms with Crippen molar-refractivity contribution in [2.24, 2.45) is 22.7 Å². The lowest BCUT2D eigenvalue weighted by Gasteiger charge is -2.54. The minimum Gasteiger partial charge on any atom is -0.479 e. The van der Waals surface area contributed by atoms with Crippen LogP contribution in [0.4, 0.5) is 0 Å². The third-order valence-electron chi connectivity index (χ3n) is 9.42. The first-order chi connectivity index (χ1) is 19.3. The highest BCUT2D eigenvalue weighted by atomic mass is 16.6. The Morgan fingerprint density at radius 2 is 1.65 bits per heavy atom. The second-order valence-electron chi connectivity index (χ2n) is 11.8. The summed E-state index contributed by atoms with van der Waals surface area (Å²) in [6.45, 7) is 3.88. The van der Waals surface area contributed by atoms with Gasteiger partial charge in [0.1, 0.15) is 0 Å². The van der Waals surface area contributed by atoms with Gasteiger partial charge in [-0.05, 0) is 68.9 Å². The molecule has 10 nitrogen and oxygen atoms in total. The van der Waals surface area contributed by atoms with Gasteiger partial charge in [0.15, 0.2) is 11.4 Å². The molecule has 1 saturated carbocycles. The lowest BCUT2D eigenvalue weighted by molar-refractivity contribution is -0.142. The minimum absolute atomic E-state index is 0.0627. The van der Waals surface area contributed by atoms with E-state index in [9.17, 15) is 14.4 Å². The standard InChI is InChI=1S/C30H41N5O5/c1-3-18-12-19(4-2)14-22(13-18)34-20-8-7-9-21(34)16-23(15-20)35-25-11-6-5-10-24(25)32-28(30(35)39)27(29(31)38)33-40-17-26(36)37/h5-6,10-11,18-23H,3-4,7-9,12-17H2,1-2H3,(H2,31,38)(H,36,37)/b33-27-. The number of carbonyl (C=O) groups excluding carboxylic acids is 1. The first-order valence-electron chi connectivity index (χ1n) is 14.8. The molecule has 4 unspecified atom stereocenters. The Hall–Kier alpha value is -3.27. The predicted molar refractivity (Wildman–Crippen MR) is 152 cm³/mol. The monoisotopic (exact) mass is 551 g/mol. The molecule has 1 aliphatic carbocycles. The van der Waals surface area contributed by atoms with Gasteiger partial charge in [0, 0.05) is 24.2 Å². The van der Waals surface area contributed by atoms with E-state index >= 15 is 0 Å². The van der Waals surface area contributed by atoms with Gasteiger partial charge in [-0.3, -0.25) is 14.5 Å². The Kier molecular flexibility index (Phi) is 8.54. The summed E-state index contributed by atoms with van der Waals surface area (Å²) < 4.78 is 1.78. The van der Waals surface area contributed by atoms with Crippen molar-refractivity contribution in [1.29, 1.82) is 0 Å². The summed E-state index contributed by atoms with van der Waals surface area (Å²) in [5.74, 6) is -0.697. The van der Waals surface area contributed by atoms with Gasteiger partial charge >= 0.3 is 5.97 Å². The molecule has 5 rings (SSSR count). The molecule has 2 aromatic rings. The van der Waals surface area contributed by atoms with Crippen molar-refractivity contribution in [3.05, 3.63) is 40.3 Å². The van der Waals surface area contributed by atoms with Gasteiger partial charge in [-0.1, -0.05) is 50.4 Å². The number of hydrogen-bond acceptors (Lipinski definition) is 7. The fourth-order valence-electron chi connectivity index (χ4n) is 7.66. The van der Waals surface area contributed by atoms with Gasteiger partial charge in [0.05, 0.1) is 11.0 Å². The van der Waals surface area contributed by atoms with E-state index in [2.05, 4.69) is 28.9 Å². The summed E-state index contributed by atoms with van der Waals surface area (Å²) in [5, 5.41) is 12.5. The zero-order valence-corrected chi connectivity index (χ0v) is 23.5. The van der Waals surface area contributed by atoms with E-state index in [-0.39, 0.29) is 11.7 Å². The first kappa shape index (κ1) is 28.3. The topological polar surface area (TPSA) is 140 Å². The Labute approximate surface area is 234 Å². The molecule has 1 aromatic carbocycles. The van der Waals surface area contributed by atoms with Crippen molar-refractivity contribution in [3.63, 3.8) is 0 Å². The number of hydrogen-bond donors (Lipinski definition) is 2. The zero-order chi connectivity index (χ0) is 28.4. The maximum Gasteiger partial charge on any atom is 0.344 e. The van der Waals surface area contributed by atoms with Gasteiger partial charge in [-0.25, -0.2) is 9.78 Å². The van der Waals surface area contributed by atoms with Crippen molar-refractivity contribution in [2.45, 2.75) is 102 Å². The van der Waals surface area contributed by atoms with Crippen LogP contribution in [-0.2, 0) is 14.4 Å². The largest absolute Gasteiger partial charge is 0.479 e. The van der Waals surface area contributed by atoms with Gasteiger partial charge in [-0.2, -0.15) is 0 Å². The maximum absolute atomic E-state index is 14.0. The fraction of sp³-hybridized carbons (Fsp3) is 0.633. The molecule has 2 saturated heterocycles. The summed E-state index contributed by atoms with van der Waals surface area (Å²) >= 11 is 0. The molecule has 2 bridgehead atoms. The van der Waals surface area contributed by atoms with Crippen LogP contribution in [0.5, 0.6) is 0 Å². The van der Waals surface area contributed by atoms with Gasteiger partial charge < -0.3 is 20.2 Å². The van der Waals surface area contributed by atoms with Crippen LogP contribution < -0.4 is 11.3 Å². The maximum atomic E-state index is 14.0. The average Bonchev–Trinajstić information content (AvgIpc) is 2.94. The number of oxime groups is 1. The van der Waals surface area contributed by atoms with Crippen LogP contribution in [0.2, 0.25) is 0 Å². The Morgan fingerprint density at radius 1 is 1.00 bits per heavy atom. The number of nitrogens with zero attached hydrogens (tertiary/aromatic N) is 4. The van der Waals surface area contributed by atoms with Crippen molar-refractivity contribution in [3.8, 4) is 0 Å². The number of benzene rings is 1. The van der Waals surface area contributed by atoms with E-state index in [0.717, 1.165) is 37.5 Å². The van der Waals surface area contributed by atoms with Gasteiger partial charge in [0.2, 0.25) is 6.61 Å². The Morgan fingerprint density at radius 3 is 2.25 bits per heavy atom. The molecule has 3 N–H and O–H groups in total. The number of carboxylic acids is 1. The molecular formula is C30H41N5O5. The van der Waals surface area contributed by atoms with Crippen molar-refractivity contribution in [1.82, 2.24) is 14.5 Å². The van der Waals surface area contributed by atoms with Crippen molar-refractivity contribution < 1.29 is 19.5 Å². The number of nitrogens with two attached hydrogens (primary N) is 1. The number of aliphatic carboxylic acids is 1. The number of para-hydroxylation sites is 2. The summed E-state index contributed by atoms with van der Waals surface area (Å²) in [7, 11) is 0. The van der Waals surface area contributed by atoms with Crippen molar-refractivity contribution in [2.75, 3.05) is 6.61 Å². The predicted octanol–water partition coefficient (Wildman–Crippen LogP) is 3.85. The molecule has 3 aliphatic rings. The SMILES string of the molecule is CCC1CC(CC)CC(N2C3CCCC2CC(n2c(=O)c(/C(=N/OCC(=O)O)C(N)=O)nc4ccccc42)C3)C1. The molecular weight excluding hydrogens is 510 g/mol. The molecule has 40 heavy (non-hydrogen) atoms. The lowest BCUT2D eigenvalue weighted by atomic mass is 9.72. The number of carboxylic acid groups (broad SMARTS) is 1. The molecule has 2 aliphatic heterocycles. The highest BCUT2D eigenvalue weighted by Gasteiger charge is 2.44. The quantitative estimate of drug-likeness (QED) is 0.356. The summed E-state index contributed by atoms with van der Waals surface area (Å²) in [5.41, 5.74) is 5.66. The molecule has 216 valence electrons. The van der Waals surface area contributed by atoms with Crippen LogP contribution in [0.15, 0.2) is 34.2 Å². The molecule has 3 heterocycles. The molecule has 4 atom stereocenters. The number of primary amides is 1. The molecule has 10 heteroatoms. The van der Waals surface area contributed by atoms with Crippen LogP contribution in [0, 0.1) is 11.8 Å².